The molecule has 1 aliphatic rings. The highest BCUT2D eigenvalue weighted by molar-refractivity contribution is 5.50. The van der Waals surface area contributed by atoms with E-state index < -0.39 is 0 Å². The van der Waals surface area contributed by atoms with Crippen LogP contribution >= 0.6 is 0 Å². The Hall–Kier alpha value is -0.410. The molecule has 0 radical (unpaired) electrons. The van der Waals surface area contributed by atoms with Crippen LogP contribution in [0.3, 0.4) is 0 Å². The van der Waals surface area contributed by atoms with Crippen molar-refractivity contribution in [1.82, 2.24) is 0 Å². The van der Waals surface area contributed by atoms with Gasteiger partial charge in [0.15, 0.2) is 0 Å². The zero-order valence-corrected chi connectivity index (χ0v) is 5.91. The molecule has 58 valence electrons. The van der Waals surface area contributed by atoms with Gasteiger partial charge >= 0.3 is 0 Å². The summed E-state index contributed by atoms with van der Waals surface area (Å²) in [4.78, 5) is 10.1. The van der Waals surface area contributed by atoms with Gasteiger partial charge in [0.1, 0.15) is 6.29 Å². The predicted octanol–water partition coefficient (Wildman–Crippen LogP) is 0.381. The molecule has 0 aromatic rings. The lowest BCUT2D eigenvalue weighted by Gasteiger charge is -2.08. The van der Waals surface area contributed by atoms with Crippen LogP contribution in [0.5, 0.6) is 0 Å². The third-order valence-electron chi connectivity index (χ3n) is 1.52. The normalized spacial score (nSPS) is 27.4. The van der Waals surface area contributed by atoms with Gasteiger partial charge in [-0.05, 0) is 6.42 Å². The van der Waals surface area contributed by atoms with Crippen molar-refractivity contribution in [2.45, 2.75) is 18.9 Å². The first-order chi connectivity index (χ1) is 4.93. The summed E-state index contributed by atoms with van der Waals surface area (Å²) in [5.41, 5.74) is 0. The van der Waals surface area contributed by atoms with Crippen molar-refractivity contribution in [3.05, 3.63) is 0 Å². The topological polar surface area (TPSA) is 35.5 Å². The minimum absolute atomic E-state index is 0.0972. The highest BCUT2D eigenvalue weighted by Crippen LogP contribution is 2.05. The molecular formula is C7H12O3. The summed E-state index contributed by atoms with van der Waals surface area (Å²) in [7, 11) is 0. The molecule has 0 spiro atoms. The van der Waals surface area contributed by atoms with Gasteiger partial charge in [-0.1, -0.05) is 0 Å². The highest BCUT2D eigenvalue weighted by Gasteiger charge is 2.10. The van der Waals surface area contributed by atoms with Gasteiger partial charge in [0.25, 0.3) is 0 Å². The van der Waals surface area contributed by atoms with Crippen LogP contribution in [0, 0.1) is 0 Å². The molecule has 3 heteroatoms. The lowest BCUT2D eigenvalue weighted by molar-refractivity contribution is -0.110. The smallest absolute Gasteiger partial charge is 0.122 e. The average molecular weight is 144 g/mol. The molecule has 0 N–H and O–H groups in total. The number of ether oxygens (including phenoxy) is 2. The zero-order valence-electron chi connectivity index (χ0n) is 5.91. The molecule has 1 rings (SSSR count). The molecule has 1 aliphatic heterocycles. The van der Waals surface area contributed by atoms with Gasteiger partial charge < -0.3 is 14.3 Å². The summed E-state index contributed by atoms with van der Waals surface area (Å²) in [6, 6.07) is 0. The first kappa shape index (κ1) is 7.69. The van der Waals surface area contributed by atoms with E-state index >= 15 is 0 Å². The average Bonchev–Trinajstić information content (AvgIpc) is 2.17. The second-order valence-corrected chi connectivity index (χ2v) is 2.30. The van der Waals surface area contributed by atoms with Crippen LogP contribution in [-0.4, -0.2) is 32.2 Å². The Morgan fingerprint density at radius 2 is 2.30 bits per heavy atom. The van der Waals surface area contributed by atoms with E-state index in [1.54, 1.807) is 0 Å². The molecule has 0 saturated carbocycles. The molecule has 3 nitrogen and oxygen atoms in total. The van der Waals surface area contributed by atoms with Gasteiger partial charge in [0, 0.05) is 13.0 Å². The standard InChI is InChI=1S/C7H12O3/c8-3-1-7-2-4-9-5-6-10-7/h3,7H,1-2,4-6H2. The highest BCUT2D eigenvalue weighted by atomic mass is 16.5. The van der Waals surface area contributed by atoms with E-state index in [9.17, 15) is 4.79 Å². The van der Waals surface area contributed by atoms with E-state index in [0.29, 0.717) is 19.6 Å². The minimum atomic E-state index is 0.0972. The van der Waals surface area contributed by atoms with E-state index in [4.69, 9.17) is 9.47 Å². The minimum Gasteiger partial charge on any atom is -0.379 e. The number of carbonyl (C=O) groups is 1. The van der Waals surface area contributed by atoms with E-state index in [1.165, 1.54) is 0 Å². The van der Waals surface area contributed by atoms with Crippen molar-refractivity contribution >= 4 is 6.29 Å². The summed E-state index contributed by atoms with van der Waals surface area (Å²) in [5, 5.41) is 0. The van der Waals surface area contributed by atoms with Crippen LogP contribution in [0.4, 0.5) is 0 Å². The Bertz CT molecular complexity index is 95.0. The molecule has 0 aliphatic carbocycles. The van der Waals surface area contributed by atoms with Crippen LogP contribution in [0.25, 0.3) is 0 Å². The van der Waals surface area contributed by atoms with E-state index in [-0.39, 0.29) is 6.10 Å². The van der Waals surface area contributed by atoms with Crippen molar-refractivity contribution < 1.29 is 14.3 Å². The van der Waals surface area contributed by atoms with Crippen LogP contribution in [0.15, 0.2) is 0 Å². The molecule has 0 aromatic heterocycles. The second kappa shape index (κ2) is 4.41. The van der Waals surface area contributed by atoms with Gasteiger partial charge in [0.05, 0.1) is 19.3 Å². The van der Waals surface area contributed by atoms with Gasteiger partial charge in [-0.3, -0.25) is 0 Å². The summed E-state index contributed by atoms with van der Waals surface area (Å²) >= 11 is 0. The lowest BCUT2D eigenvalue weighted by Crippen LogP contribution is -2.13. The zero-order chi connectivity index (χ0) is 7.23. The molecule has 0 amide bonds. The van der Waals surface area contributed by atoms with Gasteiger partial charge in [0.2, 0.25) is 0 Å². The Morgan fingerprint density at radius 3 is 3.10 bits per heavy atom. The number of rotatable bonds is 2. The SMILES string of the molecule is O=CCC1CCOCCO1. The molecule has 1 fully saturated rings. The number of hydrogen-bond donors (Lipinski definition) is 0. The van der Waals surface area contributed by atoms with E-state index in [1.807, 2.05) is 0 Å². The van der Waals surface area contributed by atoms with Crippen LogP contribution in [0.2, 0.25) is 0 Å². The fourth-order valence-corrected chi connectivity index (χ4v) is 0.967. The summed E-state index contributed by atoms with van der Waals surface area (Å²) in [6.07, 6.45) is 2.35. The Morgan fingerprint density at radius 1 is 1.40 bits per heavy atom. The fourth-order valence-electron chi connectivity index (χ4n) is 0.967. The maximum atomic E-state index is 10.1. The largest absolute Gasteiger partial charge is 0.379 e. The first-order valence-corrected chi connectivity index (χ1v) is 3.56. The number of hydrogen-bond acceptors (Lipinski definition) is 3. The first-order valence-electron chi connectivity index (χ1n) is 3.56. The van der Waals surface area contributed by atoms with Crippen molar-refractivity contribution in [2.24, 2.45) is 0 Å². The van der Waals surface area contributed by atoms with E-state index in [2.05, 4.69) is 0 Å². The second-order valence-electron chi connectivity index (χ2n) is 2.30. The Kier molecular flexibility index (Phi) is 3.40. The fraction of sp³-hybridized carbons (Fsp3) is 0.857. The molecule has 10 heavy (non-hydrogen) atoms. The van der Waals surface area contributed by atoms with Crippen molar-refractivity contribution in [3.63, 3.8) is 0 Å². The summed E-state index contributed by atoms with van der Waals surface area (Å²) in [6.45, 7) is 2.01. The van der Waals surface area contributed by atoms with Crippen molar-refractivity contribution in [2.75, 3.05) is 19.8 Å². The lowest BCUT2D eigenvalue weighted by atomic mass is 10.2. The molecule has 0 aromatic carbocycles. The predicted molar refractivity (Wildman–Crippen MR) is 35.9 cm³/mol. The van der Waals surface area contributed by atoms with Gasteiger partial charge in [-0.25, -0.2) is 0 Å². The van der Waals surface area contributed by atoms with Gasteiger partial charge in [-0.2, -0.15) is 0 Å². The molecule has 1 unspecified atom stereocenters. The Balaban J connectivity index is 2.21. The van der Waals surface area contributed by atoms with E-state index in [0.717, 1.165) is 19.3 Å². The maximum Gasteiger partial charge on any atom is 0.122 e. The quantitative estimate of drug-likeness (QED) is 0.525. The van der Waals surface area contributed by atoms with Crippen LogP contribution < -0.4 is 0 Å². The molecule has 0 bridgehead atoms. The third-order valence-corrected chi connectivity index (χ3v) is 1.52. The Labute approximate surface area is 60.3 Å². The summed E-state index contributed by atoms with van der Waals surface area (Å²) in [5.74, 6) is 0. The number of carbonyl (C=O) groups excluding carboxylic acids is 1. The molecular weight excluding hydrogens is 132 g/mol. The van der Waals surface area contributed by atoms with Crippen LogP contribution in [-0.2, 0) is 14.3 Å². The molecule has 1 atom stereocenters. The van der Waals surface area contributed by atoms with Crippen molar-refractivity contribution in [3.8, 4) is 0 Å². The maximum absolute atomic E-state index is 10.1. The van der Waals surface area contributed by atoms with Crippen LogP contribution in [0.1, 0.15) is 12.8 Å². The molecule has 1 saturated heterocycles. The monoisotopic (exact) mass is 144 g/mol. The molecule has 1 heterocycles. The summed E-state index contributed by atoms with van der Waals surface area (Å²) < 4.78 is 10.4. The van der Waals surface area contributed by atoms with Crippen molar-refractivity contribution in [1.29, 1.82) is 0 Å². The third kappa shape index (κ3) is 2.45. The number of aldehydes is 1. The van der Waals surface area contributed by atoms with Gasteiger partial charge in [-0.15, -0.1) is 0 Å².